The summed E-state index contributed by atoms with van der Waals surface area (Å²) in [4.78, 5) is 11.3. The lowest BCUT2D eigenvalue weighted by Crippen LogP contribution is -2.32. The summed E-state index contributed by atoms with van der Waals surface area (Å²) < 4.78 is 31.1. The van der Waals surface area contributed by atoms with Gasteiger partial charge in [-0.05, 0) is 6.92 Å². The van der Waals surface area contributed by atoms with E-state index in [1.807, 2.05) is 0 Å². The van der Waals surface area contributed by atoms with Crippen LogP contribution in [0.15, 0.2) is 0 Å². The van der Waals surface area contributed by atoms with Gasteiger partial charge in [-0.25, -0.2) is 4.79 Å². The first-order valence-electron chi connectivity index (χ1n) is 4.35. The first-order chi connectivity index (χ1) is 7.53. The Morgan fingerprint density at radius 3 is 2.41 bits per heavy atom. The average Bonchev–Trinajstić information content (AvgIpc) is 2.88. The minimum atomic E-state index is -4.10. The Morgan fingerprint density at radius 1 is 1.47 bits per heavy atom. The Bertz CT molecular complexity index is 420. The molecule has 1 heterocycles. The molecular weight excluding hydrogens is 317 g/mol. The van der Waals surface area contributed by atoms with Gasteiger partial charge in [0.05, 0.1) is 7.11 Å². The molecule has 0 saturated carbocycles. The van der Waals surface area contributed by atoms with Gasteiger partial charge < -0.3 is 4.74 Å². The number of rotatable bonds is 4. The molecule has 2 unspecified atom stereocenters. The monoisotopic (exact) mass is 325 g/mol. The van der Waals surface area contributed by atoms with E-state index in [0.29, 0.717) is 0 Å². The van der Waals surface area contributed by atoms with Crippen LogP contribution in [0.4, 0.5) is 0 Å². The Hall–Kier alpha value is 0.210. The van der Waals surface area contributed by atoms with Crippen LogP contribution in [0.2, 0.25) is 0 Å². The first-order valence-corrected chi connectivity index (χ1v) is 6.85. The predicted molar refractivity (Wildman–Crippen MR) is 62.3 cm³/mol. The number of carbonyl (C=O) groups excluding carboxylic acids is 1. The zero-order valence-electron chi connectivity index (χ0n) is 8.94. The molecule has 0 aromatic rings. The van der Waals surface area contributed by atoms with Gasteiger partial charge in [0, 0.05) is 6.54 Å². The van der Waals surface area contributed by atoms with E-state index in [9.17, 15) is 13.2 Å². The molecule has 0 radical (unpaired) electrons. The van der Waals surface area contributed by atoms with E-state index in [1.54, 1.807) is 0 Å². The topological polar surface area (TPSA) is 72.7 Å². The number of halogens is 3. The van der Waals surface area contributed by atoms with E-state index in [-0.39, 0.29) is 6.54 Å². The van der Waals surface area contributed by atoms with Crippen LogP contribution in [-0.4, -0.2) is 48.3 Å². The van der Waals surface area contributed by atoms with Crippen LogP contribution in [0, 0.1) is 0 Å². The van der Waals surface area contributed by atoms with E-state index < -0.39 is 32.2 Å². The van der Waals surface area contributed by atoms with Gasteiger partial charge in [-0.1, -0.05) is 34.8 Å². The van der Waals surface area contributed by atoms with Crippen LogP contribution in [0.5, 0.6) is 0 Å². The van der Waals surface area contributed by atoms with E-state index in [0.717, 1.165) is 4.31 Å². The molecule has 1 rings (SSSR count). The minimum absolute atomic E-state index is 0.0259. The quantitative estimate of drug-likeness (QED) is 0.435. The van der Waals surface area contributed by atoms with Gasteiger partial charge in [0.2, 0.25) is 3.79 Å². The fraction of sp³-hybridized carbons (Fsp3) is 0.857. The predicted octanol–water partition coefficient (Wildman–Crippen LogP) is 0.865. The average molecular weight is 327 g/mol. The highest BCUT2D eigenvalue weighted by atomic mass is 35.6. The van der Waals surface area contributed by atoms with Gasteiger partial charge in [-0.3, -0.25) is 4.18 Å². The molecule has 1 aliphatic heterocycles. The van der Waals surface area contributed by atoms with Gasteiger partial charge in [-0.15, -0.1) is 0 Å². The zero-order valence-corrected chi connectivity index (χ0v) is 12.0. The molecule has 0 aromatic carbocycles. The molecular formula is C7H10Cl3NO5S. The summed E-state index contributed by atoms with van der Waals surface area (Å²) in [5.41, 5.74) is -1.23. The molecule has 0 bridgehead atoms. The van der Waals surface area contributed by atoms with Gasteiger partial charge in [0.1, 0.15) is 12.1 Å². The van der Waals surface area contributed by atoms with Crippen molar-refractivity contribution in [2.75, 3.05) is 20.3 Å². The lowest BCUT2D eigenvalue weighted by atomic mass is 10.2. The second kappa shape index (κ2) is 4.71. The van der Waals surface area contributed by atoms with Crippen molar-refractivity contribution in [3.63, 3.8) is 0 Å². The third kappa shape index (κ3) is 3.59. The fourth-order valence-electron chi connectivity index (χ4n) is 1.16. The molecule has 0 N–H and O–H groups in total. The smallest absolute Gasteiger partial charge is 0.339 e. The van der Waals surface area contributed by atoms with Gasteiger partial charge in [0.15, 0.2) is 0 Å². The highest BCUT2D eigenvalue weighted by Crippen LogP contribution is 2.37. The summed E-state index contributed by atoms with van der Waals surface area (Å²) in [6.07, 6.45) is 0. The lowest BCUT2D eigenvalue weighted by Gasteiger charge is -2.13. The third-order valence-corrected chi connectivity index (χ3v) is 3.98. The number of methoxy groups -OCH3 is 1. The largest absolute Gasteiger partial charge is 0.468 e. The number of alkyl halides is 3. The van der Waals surface area contributed by atoms with Gasteiger partial charge in [0.25, 0.3) is 0 Å². The molecule has 10 heteroatoms. The van der Waals surface area contributed by atoms with Crippen molar-refractivity contribution in [1.29, 1.82) is 0 Å². The van der Waals surface area contributed by atoms with Crippen molar-refractivity contribution in [2.24, 2.45) is 0 Å². The highest BCUT2D eigenvalue weighted by Gasteiger charge is 2.62. The Labute approximate surface area is 114 Å². The maximum absolute atomic E-state index is 11.6. The van der Waals surface area contributed by atoms with Gasteiger partial charge >= 0.3 is 16.3 Å². The minimum Gasteiger partial charge on any atom is -0.468 e. The summed E-state index contributed by atoms with van der Waals surface area (Å²) in [5, 5.41) is 0. The Balaban J connectivity index is 2.67. The maximum atomic E-state index is 11.6. The molecule has 0 amide bonds. The SMILES string of the molecule is COC(=O)C1(C)CN1S(=O)(=O)OCC(Cl)(Cl)Cl. The van der Waals surface area contributed by atoms with Crippen LogP contribution in [0.25, 0.3) is 0 Å². The van der Waals surface area contributed by atoms with E-state index >= 15 is 0 Å². The Kier molecular flexibility index (Phi) is 4.23. The molecule has 0 aliphatic carbocycles. The number of hydrogen-bond acceptors (Lipinski definition) is 5. The van der Waals surface area contributed by atoms with Crippen LogP contribution in [0.1, 0.15) is 6.92 Å². The van der Waals surface area contributed by atoms with E-state index in [4.69, 9.17) is 34.8 Å². The van der Waals surface area contributed by atoms with Gasteiger partial charge in [-0.2, -0.15) is 12.7 Å². The third-order valence-electron chi connectivity index (χ3n) is 2.17. The van der Waals surface area contributed by atoms with Crippen molar-refractivity contribution in [3.8, 4) is 0 Å². The second-order valence-corrected chi connectivity index (χ2v) is 7.66. The number of carbonyl (C=O) groups is 1. The molecule has 0 spiro atoms. The normalized spacial score (nSPS) is 28.9. The molecule has 0 aromatic heterocycles. The molecule has 1 aliphatic rings. The summed E-state index contributed by atoms with van der Waals surface area (Å²) >= 11 is 16.1. The standard InChI is InChI=1S/C7H10Cl3NO5S/c1-6(5(12)15-2)3-11(6)17(13,14)16-4-7(8,9)10/h3-4H2,1-2H3. The number of nitrogens with zero attached hydrogens (tertiary/aromatic N) is 1. The van der Waals surface area contributed by atoms with E-state index in [2.05, 4.69) is 8.92 Å². The maximum Gasteiger partial charge on any atom is 0.339 e. The van der Waals surface area contributed by atoms with Crippen molar-refractivity contribution < 1.29 is 22.1 Å². The molecule has 6 nitrogen and oxygen atoms in total. The molecule has 1 fully saturated rings. The number of hydrogen-bond donors (Lipinski definition) is 0. The molecule has 17 heavy (non-hydrogen) atoms. The summed E-state index contributed by atoms with van der Waals surface area (Å²) in [5.74, 6) is -0.668. The molecule has 100 valence electrons. The summed E-state index contributed by atoms with van der Waals surface area (Å²) in [6.45, 7) is 0.755. The van der Waals surface area contributed by atoms with Crippen molar-refractivity contribution in [1.82, 2.24) is 4.31 Å². The molecule has 2 atom stereocenters. The zero-order chi connectivity index (χ0) is 13.5. The fourth-order valence-corrected chi connectivity index (χ4v) is 2.95. The van der Waals surface area contributed by atoms with Crippen LogP contribution in [0.3, 0.4) is 0 Å². The van der Waals surface area contributed by atoms with Crippen LogP contribution >= 0.6 is 34.8 Å². The highest BCUT2D eigenvalue weighted by molar-refractivity contribution is 7.84. The second-order valence-electron chi connectivity index (χ2n) is 3.61. The first kappa shape index (κ1) is 15.3. The number of esters is 1. The van der Waals surface area contributed by atoms with Crippen molar-refractivity contribution in [2.45, 2.75) is 16.3 Å². The van der Waals surface area contributed by atoms with Crippen LogP contribution < -0.4 is 0 Å². The Morgan fingerprint density at radius 2 is 2.00 bits per heavy atom. The van der Waals surface area contributed by atoms with Crippen LogP contribution in [-0.2, 0) is 24.0 Å². The van der Waals surface area contributed by atoms with E-state index in [1.165, 1.54) is 14.0 Å². The summed E-state index contributed by atoms with van der Waals surface area (Å²) in [7, 11) is -2.94. The summed E-state index contributed by atoms with van der Waals surface area (Å²) in [6, 6.07) is 0. The van der Waals surface area contributed by atoms with Crippen molar-refractivity contribution >= 4 is 51.1 Å². The number of ether oxygens (including phenoxy) is 1. The van der Waals surface area contributed by atoms with Crippen molar-refractivity contribution in [3.05, 3.63) is 0 Å². The molecule has 1 saturated heterocycles. The lowest BCUT2D eigenvalue weighted by molar-refractivity contribution is -0.143.